The Bertz CT molecular complexity index is 560. The van der Waals surface area contributed by atoms with Crippen LogP contribution in [-0.4, -0.2) is 21.0 Å². The van der Waals surface area contributed by atoms with Crippen molar-refractivity contribution in [3.05, 3.63) is 29.8 Å². The summed E-state index contributed by atoms with van der Waals surface area (Å²) < 4.78 is 27.3. The molecule has 0 radical (unpaired) electrons. The Kier molecular flexibility index (Phi) is 5.07. The summed E-state index contributed by atoms with van der Waals surface area (Å²) in [5.74, 6) is 0. The van der Waals surface area contributed by atoms with Crippen LogP contribution < -0.4 is 10.0 Å². The fourth-order valence-corrected chi connectivity index (χ4v) is 3.62. The zero-order valence-electron chi connectivity index (χ0n) is 13.1. The fourth-order valence-electron chi connectivity index (χ4n) is 2.42. The van der Waals surface area contributed by atoms with Crippen molar-refractivity contribution in [2.75, 3.05) is 6.54 Å². The monoisotopic (exact) mass is 310 g/mol. The summed E-state index contributed by atoms with van der Waals surface area (Å²) in [4.78, 5) is 0.346. The molecule has 0 aromatic heterocycles. The zero-order valence-corrected chi connectivity index (χ0v) is 14.0. The lowest BCUT2D eigenvalue weighted by molar-refractivity contribution is 0.166. The number of hydrogen-bond acceptors (Lipinski definition) is 3. The summed E-state index contributed by atoms with van der Waals surface area (Å²) in [5, 5.41) is 3.32. The Hall–Kier alpha value is -0.910. The van der Waals surface area contributed by atoms with Crippen LogP contribution in [0.5, 0.6) is 0 Å². The van der Waals surface area contributed by atoms with Gasteiger partial charge in [-0.2, -0.15) is 0 Å². The predicted molar refractivity (Wildman–Crippen MR) is 85.6 cm³/mol. The number of rotatable bonds is 7. The molecule has 1 fully saturated rings. The van der Waals surface area contributed by atoms with Crippen LogP contribution in [0.4, 0.5) is 0 Å². The predicted octanol–water partition coefficient (Wildman–Crippen LogP) is 2.65. The minimum Gasteiger partial charge on any atom is -0.310 e. The van der Waals surface area contributed by atoms with E-state index in [0.717, 1.165) is 24.9 Å². The molecule has 1 aromatic carbocycles. The van der Waals surface area contributed by atoms with E-state index in [4.69, 9.17) is 0 Å². The van der Waals surface area contributed by atoms with Crippen molar-refractivity contribution in [1.82, 2.24) is 10.0 Å². The van der Waals surface area contributed by atoms with Gasteiger partial charge >= 0.3 is 0 Å². The van der Waals surface area contributed by atoms with Crippen LogP contribution in [0, 0.1) is 5.41 Å². The molecule has 0 unspecified atom stereocenters. The summed E-state index contributed by atoms with van der Waals surface area (Å²) in [5.41, 5.74) is 1.24. The van der Waals surface area contributed by atoms with Gasteiger partial charge in [-0.15, -0.1) is 0 Å². The van der Waals surface area contributed by atoms with Crippen LogP contribution in [0.3, 0.4) is 0 Å². The molecular weight excluding hydrogens is 284 g/mol. The Morgan fingerprint density at radius 2 is 1.81 bits per heavy atom. The van der Waals surface area contributed by atoms with Crippen LogP contribution >= 0.6 is 0 Å². The molecule has 0 aliphatic heterocycles. The average molecular weight is 310 g/mol. The van der Waals surface area contributed by atoms with Crippen LogP contribution in [0.15, 0.2) is 29.2 Å². The van der Waals surface area contributed by atoms with E-state index in [1.165, 1.54) is 6.42 Å². The minimum atomic E-state index is -3.39. The molecule has 0 atom stereocenters. The van der Waals surface area contributed by atoms with Crippen LogP contribution in [-0.2, 0) is 16.6 Å². The van der Waals surface area contributed by atoms with Gasteiger partial charge in [-0.05, 0) is 36.0 Å². The largest absolute Gasteiger partial charge is 0.310 e. The Labute approximate surface area is 128 Å². The first-order valence-electron chi connectivity index (χ1n) is 7.63. The molecular formula is C16H26N2O2S. The van der Waals surface area contributed by atoms with Crippen molar-refractivity contribution in [2.45, 2.75) is 57.5 Å². The van der Waals surface area contributed by atoms with E-state index >= 15 is 0 Å². The van der Waals surface area contributed by atoms with E-state index in [0.29, 0.717) is 17.5 Å². The molecule has 4 nitrogen and oxygen atoms in total. The molecule has 1 aliphatic carbocycles. The van der Waals surface area contributed by atoms with Crippen LogP contribution in [0.25, 0.3) is 0 Å². The maximum absolute atomic E-state index is 12.3. The summed E-state index contributed by atoms with van der Waals surface area (Å²) in [7, 11) is -3.39. The Morgan fingerprint density at radius 3 is 2.29 bits per heavy atom. The number of sulfonamides is 1. The van der Waals surface area contributed by atoms with Gasteiger partial charge < -0.3 is 5.32 Å². The molecule has 1 saturated carbocycles. The molecule has 0 amide bonds. The van der Waals surface area contributed by atoms with Gasteiger partial charge in [0.1, 0.15) is 0 Å². The highest BCUT2D eigenvalue weighted by Gasteiger charge is 2.32. The van der Waals surface area contributed by atoms with E-state index in [-0.39, 0.29) is 5.41 Å². The maximum atomic E-state index is 12.3. The van der Waals surface area contributed by atoms with E-state index in [1.54, 1.807) is 12.1 Å². The van der Waals surface area contributed by atoms with Crippen molar-refractivity contribution < 1.29 is 8.42 Å². The van der Waals surface area contributed by atoms with E-state index in [9.17, 15) is 8.42 Å². The van der Waals surface area contributed by atoms with E-state index < -0.39 is 10.0 Å². The quantitative estimate of drug-likeness (QED) is 0.814. The van der Waals surface area contributed by atoms with Crippen molar-refractivity contribution in [3.8, 4) is 0 Å². The Balaban J connectivity index is 1.96. The maximum Gasteiger partial charge on any atom is 0.240 e. The highest BCUT2D eigenvalue weighted by molar-refractivity contribution is 7.89. The van der Waals surface area contributed by atoms with Crippen LogP contribution in [0.1, 0.15) is 45.6 Å². The number of hydrogen-bond donors (Lipinski definition) is 2. The first-order chi connectivity index (χ1) is 9.81. The first-order valence-corrected chi connectivity index (χ1v) is 9.11. The molecule has 2 N–H and O–H groups in total. The molecule has 0 bridgehead atoms. The Morgan fingerprint density at radius 1 is 1.19 bits per heavy atom. The summed E-state index contributed by atoms with van der Waals surface area (Å²) in [6.45, 7) is 7.60. The molecule has 2 rings (SSSR count). The van der Waals surface area contributed by atoms with Gasteiger partial charge in [0.2, 0.25) is 10.0 Å². The standard InChI is InChI=1S/C16H26N2O2S/c1-13(2)17-11-14-5-7-15(8-6-14)21(19,20)18-12-16(3)9-4-10-16/h5-8,13,17-18H,4,9-12H2,1-3H3. The van der Waals surface area contributed by atoms with Crippen LogP contribution in [0.2, 0.25) is 0 Å². The molecule has 5 heteroatoms. The highest BCUT2D eigenvalue weighted by Crippen LogP contribution is 2.39. The van der Waals surface area contributed by atoms with Crippen molar-refractivity contribution in [1.29, 1.82) is 0 Å². The third kappa shape index (κ3) is 4.53. The smallest absolute Gasteiger partial charge is 0.240 e. The molecule has 118 valence electrons. The summed E-state index contributed by atoms with van der Waals surface area (Å²) in [6.07, 6.45) is 3.42. The fraction of sp³-hybridized carbons (Fsp3) is 0.625. The second kappa shape index (κ2) is 6.46. The SMILES string of the molecule is CC(C)NCc1ccc(S(=O)(=O)NCC2(C)CCC2)cc1. The summed E-state index contributed by atoms with van der Waals surface area (Å²) >= 11 is 0. The van der Waals surface area contributed by atoms with Gasteiger partial charge in [0.05, 0.1) is 4.90 Å². The molecule has 1 aliphatic rings. The van der Waals surface area contributed by atoms with Gasteiger partial charge in [0, 0.05) is 19.1 Å². The van der Waals surface area contributed by atoms with Crippen molar-refractivity contribution in [3.63, 3.8) is 0 Å². The highest BCUT2D eigenvalue weighted by atomic mass is 32.2. The summed E-state index contributed by atoms with van der Waals surface area (Å²) in [6, 6.07) is 7.52. The van der Waals surface area contributed by atoms with Gasteiger partial charge in [0.25, 0.3) is 0 Å². The lowest BCUT2D eigenvalue weighted by Gasteiger charge is -2.38. The zero-order chi connectivity index (χ0) is 15.5. The first kappa shape index (κ1) is 16.5. The van der Waals surface area contributed by atoms with Gasteiger partial charge in [0.15, 0.2) is 0 Å². The minimum absolute atomic E-state index is 0.147. The van der Waals surface area contributed by atoms with Crippen molar-refractivity contribution in [2.24, 2.45) is 5.41 Å². The molecule has 0 spiro atoms. The number of nitrogens with one attached hydrogen (secondary N) is 2. The normalized spacial score (nSPS) is 17.7. The van der Waals surface area contributed by atoms with Gasteiger partial charge in [-0.3, -0.25) is 0 Å². The van der Waals surface area contributed by atoms with E-state index in [2.05, 4.69) is 30.8 Å². The van der Waals surface area contributed by atoms with Gasteiger partial charge in [-0.1, -0.05) is 39.3 Å². The molecule has 0 heterocycles. The van der Waals surface area contributed by atoms with Gasteiger partial charge in [-0.25, -0.2) is 13.1 Å². The topological polar surface area (TPSA) is 58.2 Å². The second-order valence-corrected chi connectivity index (χ2v) is 8.44. The van der Waals surface area contributed by atoms with E-state index in [1.807, 2.05) is 12.1 Å². The number of benzene rings is 1. The lowest BCUT2D eigenvalue weighted by atomic mass is 9.71. The second-order valence-electron chi connectivity index (χ2n) is 6.67. The van der Waals surface area contributed by atoms with Crippen molar-refractivity contribution >= 4 is 10.0 Å². The lowest BCUT2D eigenvalue weighted by Crippen LogP contribution is -2.39. The molecule has 1 aromatic rings. The average Bonchev–Trinajstić information content (AvgIpc) is 2.41. The third-order valence-corrected chi connectivity index (χ3v) is 5.61. The molecule has 0 saturated heterocycles. The molecule has 21 heavy (non-hydrogen) atoms. The third-order valence-electron chi connectivity index (χ3n) is 4.20.